The van der Waals surface area contributed by atoms with Gasteiger partial charge < -0.3 is 34.9 Å². The first-order valence-electron chi connectivity index (χ1n) is 18.1. The first-order chi connectivity index (χ1) is 26.1. The van der Waals surface area contributed by atoms with Crippen molar-refractivity contribution in [3.05, 3.63) is 81.5 Å². The highest BCUT2D eigenvalue weighted by molar-refractivity contribution is 6.35. The molecule has 0 saturated carbocycles. The summed E-state index contributed by atoms with van der Waals surface area (Å²) in [5, 5.41) is 10.0. The van der Waals surface area contributed by atoms with E-state index in [1.807, 2.05) is 30.3 Å². The molecule has 0 bridgehead atoms. The zero-order chi connectivity index (χ0) is 37.8. The number of amides is 1. The molecule has 5 heterocycles. The van der Waals surface area contributed by atoms with Crippen molar-refractivity contribution in [2.75, 3.05) is 34.0 Å². The maximum Gasteiger partial charge on any atom is 0.421 e. The second-order valence-corrected chi connectivity index (χ2v) is 14.0. The van der Waals surface area contributed by atoms with Gasteiger partial charge in [-0.05, 0) is 61.4 Å². The lowest BCUT2D eigenvalue weighted by atomic mass is 9.98. The molecule has 286 valence electrons. The highest BCUT2D eigenvalue weighted by Gasteiger charge is 2.39. The highest BCUT2D eigenvalue weighted by Crippen LogP contribution is 2.45. The van der Waals surface area contributed by atoms with Crippen molar-refractivity contribution in [2.24, 2.45) is 0 Å². The van der Waals surface area contributed by atoms with Gasteiger partial charge in [0.15, 0.2) is 0 Å². The van der Waals surface area contributed by atoms with Crippen LogP contribution in [-0.2, 0) is 35.2 Å². The van der Waals surface area contributed by atoms with Crippen LogP contribution in [0.3, 0.4) is 0 Å². The molecule has 2 fully saturated rings. The maximum absolute atomic E-state index is 14.5. The molecule has 3 aromatic heterocycles. The Bertz CT molecular complexity index is 1990. The monoisotopic (exact) mass is 766 g/mol. The number of fused-ring (bicyclic) bond motifs is 1. The summed E-state index contributed by atoms with van der Waals surface area (Å²) in [6.45, 7) is 2.52. The number of carbonyl (C=O) groups excluding carboxylic acids is 1. The highest BCUT2D eigenvalue weighted by atomic mass is 35.5. The molecule has 11 nitrogen and oxygen atoms in total. The number of pyridine rings is 3. The lowest BCUT2D eigenvalue weighted by Gasteiger charge is -2.24. The quantitative estimate of drug-likeness (QED) is 0.137. The fraction of sp³-hybridized carbons (Fsp3) is 0.436. The summed E-state index contributed by atoms with van der Waals surface area (Å²) >= 11 is 7.06. The molecule has 4 aromatic rings. The summed E-state index contributed by atoms with van der Waals surface area (Å²) in [6.07, 6.45) is 0.116. The van der Waals surface area contributed by atoms with E-state index in [9.17, 15) is 18.0 Å². The molecule has 2 aliphatic heterocycles. The Morgan fingerprint density at radius 1 is 0.926 bits per heavy atom. The Balaban J connectivity index is 1.12. The van der Waals surface area contributed by atoms with E-state index in [2.05, 4.69) is 25.9 Å². The van der Waals surface area contributed by atoms with Gasteiger partial charge in [0.05, 0.1) is 30.6 Å². The Kier molecular flexibility index (Phi) is 11.5. The van der Waals surface area contributed by atoms with Crippen molar-refractivity contribution in [3.63, 3.8) is 0 Å². The lowest BCUT2D eigenvalue weighted by Crippen LogP contribution is -2.35. The van der Waals surface area contributed by atoms with Crippen LogP contribution in [0.4, 0.5) is 13.2 Å². The Labute approximate surface area is 316 Å². The van der Waals surface area contributed by atoms with E-state index in [4.69, 9.17) is 35.5 Å². The van der Waals surface area contributed by atoms with E-state index in [0.29, 0.717) is 79.0 Å². The molecule has 2 saturated heterocycles. The predicted molar refractivity (Wildman–Crippen MR) is 195 cm³/mol. The smallest absolute Gasteiger partial charge is 0.421 e. The first-order valence-corrected chi connectivity index (χ1v) is 18.4. The summed E-state index contributed by atoms with van der Waals surface area (Å²) in [7, 11) is 2.94. The first kappa shape index (κ1) is 37.8. The summed E-state index contributed by atoms with van der Waals surface area (Å²) in [5.74, 6) is 0.0595. The van der Waals surface area contributed by atoms with Crippen LogP contribution in [0.25, 0.3) is 22.5 Å². The van der Waals surface area contributed by atoms with E-state index in [-0.39, 0.29) is 30.4 Å². The van der Waals surface area contributed by atoms with E-state index in [1.165, 1.54) is 7.11 Å². The van der Waals surface area contributed by atoms with E-state index in [1.54, 1.807) is 19.4 Å². The molecular formula is C39H42ClF3N6O5. The van der Waals surface area contributed by atoms with Gasteiger partial charge in [-0.1, -0.05) is 35.9 Å². The van der Waals surface area contributed by atoms with Crippen LogP contribution in [0.2, 0.25) is 5.02 Å². The van der Waals surface area contributed by atoms with Crippen LogP contribution in [0.5, 0.6) is 17.6 Å². The predicted octanol–water partition coefficient (Wildman–Crippen LogP) is 6.60. The number of alkyl halides is 3. The van der Waals surface area contributed by atoms with Crippen LogP contribution in [-0.4, -0.2) is 66.9 Å². The SMILES string of the molecule is COc1nc(-c2ccnc(-c3cccc4c3CC[C@H]4Oc3nc(OC)c(CNC4CCOCC4)cc3C(F)(F)F)c2Cl)ccc1CNC[C@H]1CCC(=O)N1. The van der Waals surface area contributed by atoms with Crippen LogP contribution in [0.15, 0.2) is 48.7 Å². The third-order valence-electron chi connectivity index (χ3n) is 10.1. The zero-order valence-corrected chi connectivity index (χ0v) is 30.8. The van der Waals surface area contributed by atoms with Gasteiger partial charge in [-0.2, -0.15) is 18.2 Å². The Morgan fingerprint density at radius 3 is 2.46 bits per heavy atom. The minimum absolute atomic E-state index is 0.0706. The number of rotatable bonds is 13. The van der Waals surface area contributed by atoms with Gasteiger partial charge in [-0.3, -0.25) is 9.78 Å². The fourth-order valence-electron chi connectivity index (χ4n) is 7.34. The molecule has 1 amide bonds. The molecule has 2 atom stereocenters. The van der Waals surface area contributed by atoms with Crippen LogP contribution >= 0.6 is 11.6 Å². The van der Waals surface area contributed by atoms with Gasteiger partial charge in [0.2, 0.25) is 23.5 Å². The molecule has 15 heteroatoms. The average Bonchev–Trinajstić information content (AvgIpc) is 3.79. The molecule has 0 spiro atoms. The minimum Gasteiger partial charge on any atom is -0.481 e. The van der Waals surface area contributed by atoms with Gasteiger partial charge >= 0.3 is 6.18 Å². The summed E-state index contributed by atoms with van der Waals surface area (Å²) < 4.78 is 66.0. The van der Waals surface area contributed by atoms with Gasteiger partial charge in [-0.25, -0.2) is 4.98 Å². The number of hydrogen-bond acceptors (Lipinski definition) is 10. The van der Waals surface area contributed by atoms with Gasteiger partial charge in [0.25, 0.3) is 0 Å². The molecule has 3 N–H and O–H groups in total. The number of hydrogen-bond donors (Lipinski definition) is 3. The molecule has 54 heavy (non-hydrogen) atoms. The second kappa shape index (κ2) is 16.5. The molecule has 0 unspecified atom stereocenters. The normalized spacial score (nSPS) is 18.7. The Hall–Kier alpha value is -4.50. The molecule has 3 aliphatic rings. The van der Waals surface area contributed by atoms with Crippen molar-refractivity contribution >= 4 is 17.5 Å². The number of nitrogens with one attached hydrogen (secondary N) is 3. The number of ether oxygens (including phenoxy) is 4. The molecular weight excluding hydrogens is 725 g/mol. The number of aromatic nitrogens is 3. The third kappa shape index (κ3) is 8.26. The molecule has 1 aromatic carbocycles. The van der Waals surface area contributed by atoms with Crippen LogP contribution in [0.1, 0.15) is 66.0 Å². The Morgan fingerprint density at radius 2 is 1.72 bits per heavy atom. The van der Waals surface area contributed by atoms with Gasteiger partial charge in [-0.15, -0.1) is 0 Å². The fourth-order valence-corrected chi connectivity index (χ4v) is 7.65. The van der Waals surface area contributed by atoms with Crippen LogP contribution < -0.4 is 30.2 Å². The van der Waals surface area contributed by atoms with Gasteiger partial charge in [0.1, 0.15) is 11.7 Å². The topological polar surface area (TPSA) is 129 Å². The van der Waals surface area contributed by atoms with Crippen LogP contribution in [0, 0.1) is 0 Å². The zero-order valence-electron chi connectivity index (χ0n) is 30.0. The summed E-state index contributed by atoms with van der Waals surface area (Å²) in [4.78, 5) is 25.2. The lowest BCUT2D eigenvalue weighted by molar-refractivity contribution is -0.139. The largest absolute Gasteiger partial charge is 0.481 e. The van der Waals surface area contributed by atoms with E-state index in [0.717, 1.165) is 47.6 Å². The number of nitrogens with zero attached hydrogens (tertiary/aromatic N) is 3. The summed E-state index contributed by atoms with van der Waals surface area (Å²) in [6, 6.07) is 12.5. The molecule has 1 aliphatic carbocycles. The van der Waals surface area contributed by atoms with E-state index < -0.39 is 23.7 Å². The minimum atomic E-state index is -4.71. The summed E-state index contributed by atoms with van der Waals surface area (Å²) in [5.41, 5.74) is 4.34. The van der Waals surface area contributed by atoms with Crippen molar-refractivity contribution in [1.82, 2.24) is 30.9 Å². The number of carbonyl (C=O) groups is 1. The van der Waals surface area contributed by atoms with Crippen molar-refractivity contribution < 1.29 is 36.9 Å². The van der Waals surface area contributed by atoms with E-state index >= 15 is 0 Å². The standard InChI is InChI=1S/C39H42ClF3N6O5/c1-51-36-22(19-44-21-25-7-11-33(50)47-25)6-9-31(48-36)29-12-15-45-35(34(29)40)28-5-3-4-27-26(28)8-10-32(27)54-38-30(39(41,42)43)18-23(37(49-38)52-2)20-46-24-13-16-53-17-14-24/h3-6,9,12,15,18,24-25,32,44,46H,7-8,10-11,13-14,16-17,19-21H2,1-2H3,(H,47,50)/t25-,32-/m1/s1. The number of halogens is 4. The third-order valence-corrected chi connectivity index (χ3v) is 10.5. The second-order valence-electron chi connectivity index (χ2n) is 13.6. The molecule has 7 rings (SSSR count). The van der Waals surface area contributed by atoms with Crippen molar-refractivity contribution in [2.45, 2.75) is 76.0 Å². The van der Waals surface area contributed by atoms with Crippen molar-refractivity contribution in [3.8, 4) is 40.2 Å². The number of methoxy groups -OCH3 is 2. The molecule has 0 radical (unpaired) electrons. The average molecular weight is 767 g/mol. The van der Waals surface area contributed by atoms with Gasteiger partial charge in [0, 0.05) is 79.8 Å². The van der Waals surface area contributed by atoms with Crippen molar-refractivity contribution in [1.29, 1.82) is 0 Å². The number of benzene rings is 1. The maximum atomic E-state index is 14.5.